The standard InChI is InChI=1S/C28H27N5/c1-18-16-23(19-8-4-2-5-9-19)31-24-17-21(12-13-22(18)24)25-26-27(29)30-14-15-33(26)28(32-25)20-10-6-3-7-11-20/h2,4-5,8-9,12-17,20H,3,6-7,10-11H2,1H3,(H2,29,30). The zero-order valence-electron chi connectivity index (χ0n) is 18.8. The van der Waals surface area contributed by atoms with Crippen molar-refractivity contribution in [1.29, 1.82) is 0 Å². The molecule has 0 spiro atoms. The Morgan fingerprint density at radius 3 is 2.55 bits per heavy atom. The molecule has 3 heterocycles. The van der Waals surface area contributed by atoms with Gasteiger partial charge in [-0.25, -0.2) is 15.0 Å². The molecule has 164 valence electrons. The number of imidazole rings is 1. The van der Waals surface area contributed by atoms with Crippen LogP contribution >= 0.6 is 0 Å². The molecule has 0 saturated heterocycles. The molecular formula is C28H27N5. The van der Waals surface area contributed by atoms with E-state index in [1.54, 1.807) is 6.20 Å². The fourth-order valence-corrected chi connectivity index (χ4v) is 5.24. The van der Waals surface area contributed by atoms with Gasteiger partial charge in [-0.05, 0) is 37.5 Å². The van der Waals surface area contributed by atoms with Crippen LogP contribution in [0.5, 0.6) is 0 Å². The second-order valence-electron chi connectivity index (χ2n) is 9.11. The van der Waals surface area contributed by atoms with Crippen molar-refractivity contribution in [3.8, 4) is 22.5 Å². The van der Waals surface area contributed by atoms with E-state index in [0.29, 0.717) is 11.7 Å². The smallest absolute Gasteiger partial charge is 0.150 e. The molecule has 5 aromatic rings. The monoisotopic (exact) mass is 433 g/mol. The predicted octanol–water partition coefficient (Wildman–Crippen LogP) is 6.55. The third-order valence-corrected chi connectivity index (χ3v) is 6.94. The maximum Gasteiger partial charge on any atom is 0.150 e. The SMILES string of the molecule is Cc1cc(-c2ccccc2)nc2cc(-c3nc(C4CCCCC4)n4ccnc(N)c34)ccc12. The Morgan fingerprint density at radius 2 is 1.73 bits per heavy atom. The minimum Gasteiger partial charge on any atom is -0.382 e. The first-order chi connectivity index (χ1) is 16.2. The lowest BCUT2D eigenvalue weighted by molar-refractivity contribution is 0.428. The predicted molar refractivity (Wildman–Crippen MR) is 134 cm³/mol. The van der Waals surface area contributed by atoms with Crippen LogP contribution in [0.25, 0.3) is 38.9 Å². The van der Waals surface area contributed by atoms with Crippen LogP contribution in [0.15, 0.2) is 67.0 Å². The quantitative estimate of drug-likeness (QED) is 0.350. The van der Waals surface area contributed by atoms with E-state index in [1.807, 2.05) is 24.4 Å². The molecule has 0 amide bonds. The molecule has 5 nitrogen and oxygen atoms in total. The second kappa shape index (κ2) is 8.00. The number of aryl methyl sites for hydroxylation is 1. The van der Waals surface area contributed by atoms with Crippen molar-refractivity contribution in [3.05, 3.63) is 78.4 Å². The van der Waals surface area contributed by atoms with Gasteiger partial charge >= 0.3 is 0 Å². The normalized spacial score (nSPS) is 14.8. The largest absolute Gasteiger partial charge is 0.382 e. The molecule has 5 heteroatoms. The number of fused-ring (bicyclic) bond motifs is 2. The van der Waals surface area contributed by atoms with Gasteiger partial charge in [0.05, 0.1) is 11.2 Å². The summed E-state index contributed by atoms with van der Waals surface area (Å²) in [6.45, 7) is 2.14. The van der Waals surface area contributed by atoms with E-state index in [0.717, 1.165) is 44.8 Å². The highest BCUT2D eigenvalue weighted by molar-refractivity contribution is 5.92. The van der Waals surface area contributed by atoms with E-state index >= 15 is 0 Å². The highest BCUT2D eigenvalue weighted by Crippen LogP contribution is 2.37. The third-order valence-electron chi connectivity index (χ3n) is 6.94. The lowest BCUT2D eigenvalue weighted by Crippen LogP contribution is -2.09. The van der Waals surface area contributed by atoms with Crippen LogP contribution < -0.4 is 5.73 Å². The van der Waals surface area contributed by atoms with E-state index in [4.69, 9.17) is 15.7 Å². The molecule has 1 aliphatic rings. The van der Waals surface area contributed by atoms with Gasteiger partial charge < -0.3 is 5.73 Å². The number of rotatable bonds is 3. The molecule has 1 aliphatic carbocycles. The van der Waals surface area contributed by atoms with Crippen LogP contribution in [0.2, 0.25) is 0 Å². The summed E-state index contributed by atoms with van der Waals surface area (Å²) in [7, 11) is 0. The molecule has 0 radical (unpaired) electrons. The van der Waals surface area contributed by atoms with Crippen LogP contribution in [0, 0.1) is 6.92 Å². The Bertz CT molecular complexity index is 1460. The minimum absolute atomic E-state index is 0.465. The van der Waals surface area contributed by atoms with Gasteiger partial charge in [-0.3, -0.25) is 4.40 Å². The minimum atomic E-state index is 0.465. The average molecular weight is 434 g/mol. The van der Waals surface area contributed by atoms with Crippen LogP contribution in [0.3, 0.4) is 0 Å². The number of hydrogen-bond donors (Lipinski definition) is 1. The first-order valence-electron chi connectivity index (χ1n) is 11.8. The summed E-state index contributed by atoms with van der Waals surface area (Å²) in [6, 6.07) is 18.9. The van der Waals surface area contributed by atoms with Crippen LogP contribution in [-0.2, 0) is 0 Å². The Kier molecular flexibility index (Phi) is 4.83. The Hall–Kier alpha value is -3.73. The van der Waals surface area contributed by atoms with Crippen molar-refractivity contribution in [2.75, 3.05) is 5.73 Å². The molecule has 0 unspecified atom stereocenters. The summed E-state index contributed by atoms with van der Waals surface area (Å²) in [4.78, 5) is 14.6. The molecular weight excluding hydrogens is 406 g/mol. The second-order valence-corrected chi connectivity index (χ2v) is 9.11. The van der Waals surface area contributed by atoms with E-state index < -0.39 is 0 Å². The van der Waals surface area contributed by atoms with E-state index in [1.165, 1.54) is 37.7 Å². The Balaban J connectivity index is 1.53. The molecule has 2 N–H and O–H groups in total. The third kappa shape index (κ3) is 3.44. The van der Waals surface area contributed by atoms with Gasteiger partial charge in [0.15, 0.2) is 0 Å². The number of aromatic nitrogens is 4. The number of nitrogens with two attached hydrogens (primary N) is 1. The zero-order chi connectivity index (χ0) is 22.4. The number of nitrogen functional groups attached to an aromatic ring is 1. The van der Waals surface area contributed by atoms with Crippen molar-refractivity contribution < 1.29 is 0 Å². The van der Waals surface area contributed by atoms with Crippen molar-refractivity contribution in [2.45, 2.75) is 44.9 Å². The summed E-state index contributed by atoms with van der Waals surface area (Å²) in [5.41, 5.74) is 13.5. The Morgan fingerprint density at radius 1 is 0.909 bits per heavy atom. The lowest BCUT2D eigenvalue weighted by atomic mass is 9.89. The fraction of sp³-hybridized carbons (Fsp3) is 0.250. The first kappa shape index (κ1) is 19.9. The molecule has 1 saturated carbocycles. The summed E-state index contributed by atoms with van der Waals surface area (Å²) in [5, 5.41) is 1.15. The van der Waals surface area contributed by atoms with Gasteiger partial charge in [-0.2, -0.15) is 0 Å². The van der Waals surface area contributed by atoms with Gasteiger partial charge in [0.25, 0.3) is 0 Å². The number of nitrogens with zero attached hydrogens (tertiary/aromatic N) is 4. The van der Waals surface area contributed by atoms with Crippen molar-refractivity contribution in [1.82, 2.24) is 19.4 Å². The molecule has 6 rings (SSSR count). The molecule has 3 aromatic heterocycles. The molecule has 33 heavy (non-hydrogen) atoms. The number of benzene rings is 2. The molecule has 0 atom stereocenters. The molecule has 1 fully saturated rings. The average Bonchev–Trinajstić information content (AvgIpc) is 3.26. The summed E-state index contributed by atoms with van der Waals surface area (Å²) in [6.07, 6.45) is 9.98. The number of pyridine rings is 1. The van der Waals surface area contributed by atoms with Gasteiger partial charge in [-0.1, -0.05) is 61.7 Å². The Labute approximate surface area is 193 Å². The van der Waals surface area contributed by atoms with Crippen LogP contribution in [-0.4, -0.2) is 19.4 Å². The number of hydrogen-bond acceptors (Lipinski definition) is 4. The maximum atomic E-state index is 6.39. The van der Waals surface area contributed by atoms with Gasteiger partial charge in [0, 0.05) is 34.8 Å². The van der Waals surface area contributed by atoms with E-state index in [2.05, 4.69) is 52.7 Å². The summed E-state index contributed by atoms with van der Waals surface area (Å²) >= 11 is 0. The van der Waals surface area contributed by atoms with Crippen molar-refractivity contribution in [3.63, 3.8) is 0 Å². The van der Waals surface area contributed by atoms with Gasteiger partial charge in [0.1, 0.15) is 22.9 Å². The fourth-order valence-electron chi connectivity index (χ4n) is 5.24. The summed E-state index contributed by atoms with van der Waals surface area (Å²) in [5.74, 6) is 2.09. The van der Waals surface area contributed by atoms with Gasteiger partial charge in [-0.15, -0.1) is 0 Å². The van der Waals surface area contributed by atoms with Crippen LogP contribution in [0.1, 0.15) is 49.4 Å². The van der Waals surface area contributed by atoms with E-state index in [9.17, 15) is 0 Å². The van der Waals surface area contributed by atoms with E-state index in [-0.39, 0.29) is 0 Å². The highest BCUT2D eigenvalue weighted by atomic mass is 15.1. The maximum absolute atomic E-state index is 6.39. The summed E-state index contributed by atoms with van der Waals surface area (Å²) < 4.78 is 2.16. The topological polar surface area (TPSA) is 69.1 Å². The zero-order valence-corrected chi connectivity index (χ0v) is 18.8. The molecule has 0 aliphatic heterocycles. The van der Waals surface area contributed by atoms with Crippen LogP contribution in [0.4, 0.5) is 5.82 Å². The van der Waals surface area contributed by atoms with Crippen molar-refractivity contribution in [2.24, 2.45) is 0 Å². The number of anilines is 1. The highest BCUT2D eigenvalue weighted by Gasteiger charge is 2.24. The van der Waals surface area contributed by atoms with Crippen molar-refractivity contribution >= 4 is 22.2 Å². The molecule has 2 aromatic carbocycles. The molecule has 0 bridgehead atoms. The van der Waals surface area contributed by atoms with Gasteiger partial charge in [0.2, 0.25) is 0 Å². The lowest BCUT2D eigenvalue weighted by Gasteiger charge is -2.20. The first-order valence-corrected chi connectivity index (χ1v) is 11.8.